The maximum absolute atomic E-state index is 14.0. The lowest BCUT2D eigenvalue weighted by molar-refractivity contribution is -0.134. The van der Waals surface area contributed by atoms with Gasteiger partial charge in [0.05, 0.1) is 23.3 Å². The van der Waals surface area contributed by atoms with Gasteiger partial charge in [0.15, 0.2) is 11.5 Å². The van der Waals surface area contributed by atoms with E-state index in [1.54, 1.807) is 36.7 Å². The van der Waals surface area contributed by atoms with Crippen molar-refractivity contribution in [3.05, 3.63) is 95.1 Å². The topological polar surface area (TPSA) is 171 Å². The van der Waals surface area contributed by atoms with E-state index in [1.807, 2.05) is 13.0 Å². The van der Waals surface area contributed by atoms with Crippen LogP contribution in [0, 0.1) is 5.82 Å². The average molecular weight is 532 g/mol. The molecule has 0 saturated heterocycles. The predicted octanol–water partition coefficient (Wildman–Crippen LogP) is 4.54. The normalized spacial score (nSPS) is 11.7. The van der Waals surface area contributed by atoms with Crippen molar-refractivity contribution in [3.63, 3.8) is 0 Å². The molecule has 198 valence electrons. The van der Waals surface area contributed by atoms with Gasteiger partial charge < -0.3 is 24.9 Å². The summed E-state index contributed by atoms with van der Waals surface area (Å²) >= 11 is 0. The summed E-state index contributed by atoms with van der Waals surface area (Å²) < 4.78 is 20.3. The second-order valence-electron chi connectivity index (χ2n) is 8.11. The van der Waals surface area contributed by atoms with E-state index in [9.17, 15) is 18.8 Å². The first kappa shape index (κ1) is 26.7. The van der Waals surface area contributed by atoms with Crippen LogP contribution in [-0.2, 0) is 9.59 Å². The largest absolute Gasteiger partial charge is 0.478 e. The molecule has 1 atom stereocenters. The molecular weight excluding hydrogens is 509 g/mol. The zero-order valence-electron chi connectivity index (χ0n) is 20.5. The summed E-state index contributed by atoms with van der Waals surface area (Å²) in [4.78, 5) is 48.2. The van der Waals surface area contributed by atoms with Gasteiger partial charge in [-0.2, -0.15) is 0 Å². The van der Waals surface area contributed by atoms with Crippen molar-refractivity contribution in [2.75, 3.05) is 5.32 Å². The van der Waals surface area contributed by atoms with Gasteiger partial charge in [0.2, 0.25) is 5.43 Å². The Bertz CT molecular complexity index is 1730. The van der Waals surface area contributed by atoms with E-state index in [4.69, 9.17) is 14.6 Å². The molecule has 0 aliphatic carbocycles. The summed E-state index contributed by atoms with van der Waals surface area (Å²) in [5, 5.41) is 19.4. The SMILES string of the molecule is CC[C@H](Nc1ncnc2[nH]cnc12)c1oc2ccccc2c(=O)c1-c1cccc(F)c1.O=C(O)/C=C/C(=O)O. The van der Waals surface area contributed by atoms with Crippen molar-refractivity contribution < 1.29 is 28.6 Å². The number of hydrogen-bond donors (Lipinski definition) is 4. The zero-order valence-corrected chi connectivity index (χ0v) is 20.5. The maximum Gasteiger partial charge on any atom is 0.328 e. The number of H-pyrrole nitrogens is 1. The molecule has 0 amide bonds. The van der Waals surface area contributed by atoms with Gasteiger partial charge in [-0.3, -0.25) is 4.79 Å². The highest BCUT2D eigenvalue weighted by Gasteiger charge is 2.24. The number of benzene rings is 2. The Morgan fingerprint density at radius 2 is 1.82 bits per heavy atom. The van der Waals surface area contributed by atoms with Crippen LogP contribution in [0.4, 0.5) is 10.2 Å². The molecule has 2 aromatic carbocycles. The first-order valence-corrected chi connectivity index (χ1v) is 11.6. The molecule has 0 saturated carbocycles. The number of fused-ring (bicyclic) bond motifs is 2. The van der Waals surface area contributed by atoms with Crippen LogP contribution in [-0.4, -0.2) is 42.1 Å². The summed E-state index contributed by atoms with van der Waals surface area (Å²) in [6.45, 7) is 1.96. The number of nitrogens with one attached hydrogen (secondary N) is 2. The number of nitrogens with zero attached hydrogens (tertiary/aromatic N) is 3. The molecule has 5 rings (SSSR count). The van der Waals surface area contributed by atoms with Crippen LogP contribution < -0.4 is 10.7 Å². The lowest BCUT2D eigenvalue weighted by Crippen LogP contribution is -2.17. The predicted molar refractivity (Wildman–Crippen MR) is 141 cm³/mol. The van der Waals surface area contributed by atoms with Crippen LogP contribution in [0.2, 0.25) is 0 Å². The first-order chi connectivity index (χ1) is 18.8. The number of anilines is 1. The lowest BCUT2D eigenvalue weighted by Gasteiger charge is -2.20. The third-order valence-corrected chi connectivity index (χ3v) is 5.56. The van der Waals surface area contributed by atoms with Gasteiger partial charge in [-0.15, -0.1) is 0 Å². The molecule has 0 spiro atoms. The molecule has 0 aliphatic heterocycles. The number of hydrogen-bond acceptors (Lipinski definition) is 8. The number of imidazole rings is 1. The summed E-state index contributed by atoms with van der Waals surface area (Å²) in [6.07, 6.45) is 4.67. The van der Waals surface area contributed by atoms with Gasteiger partial charge in [0.1, 0.15) is 29.0 Å². The lowest BCUT2D eigenvalue weighted by atomic mass is 9.97. The van der Waals surface area contributed by atoms with Gasteiger partial charge in [-0.25, -0.2) is 28.9 Å². The van der Waals surface area contributed by atoms with Crippen molar-refractivity contribution in [2.45, 2.75) is 19.4 Å². The molecule has 0 unspecified atom stereocenters. The molecule has 0 aliphatic rings. The Labute approximate surface area is 219 Å². The fourth-order valence-corrected chi connectivity index (χ4v) is 3.85. The minimum atomic E-state index is -1.26. The fraction of sp³-hybridized carbons (Fsp3) is 0.111. The Morgan fingerprint density at radius 3 is 2.51 bits per heavy atom. The molecule has 11 nitrogen and oxygen atoms in total. The number of carboxylic acid groups (broad SMARTS) is 2. The summed E-state index contributed by atoms with van der Waals surface area (Å²) in [6, 6.07) is 12.6. The van der Waals surface area contributed by atoms with Crippen LogP contribution in [0.25, 0.3) is 33.3 Å². The number of para-hydroxylation sites is 1. The summed E-state index contributed by atoms with van der Waals surface area (Å²) in [5.74, 6) is -2.01. The zero-order chi connectivity index (χ0) is 27.9. The standard InChI is InChI=1S/C23H18FN5O2.C4H4O4/c1-2-16(29-23-19-22(26-11-25-19)27-12-28-23)21-18(13-6-5-7-14(24)10-13)20(30)15-8-3-4-9-17(15)31-21;5-3(6)1-2-4(7)8/h3-12,16H,2H2,1H3,(H2,25,26,27,28,29);1-2H,(H,5,6)(H,7,8)/b;2-1+/t16-;/m0./s1. The first-order valence-electron chi connectivity index (χ1n) is 11.6. The number of halogens is 1. The molecule has 3 aromatic heterocycles. The molecule has 12 heteroatoms. The monoisotopic (exact) mass is 531 g/mol. The quantitative estimate of drug-likeness (QED) is 0.219. The van der Waals surface area contributed by atoms with E-state index in [-0.39, 0.29) is 5.43 Å². The maximum atomic E-state index is 14.0. The molecule has 39 heavy (non-hydrogen) atoms. The highest BCUT2D eigenvalue weighted by molar-refractivity contribution is 5.89. The van der Waals surface area contributed by atoms with Gasteiger partial charge in [-0.05, 0) is 36.2 Å². The van der Waals surface area contributed by atoms with E-state index in [2.05, 4.69) is 25.3 Å². The second kappa shape index (κ2) is 11.8. The molecule has 0 bridgehead atoms. The van der Waals surface area contributed by atoms with Gasteiger partial charge in [0, 0.05) is 12.2 Å². The third kappa shape index (κ3) is 6.13. The minimum absolute atomic E-state index is 0.213. The van der Waals surface area contributed by atoms with Crippen molar-refractivity contribution >= 4 is 39.9 Å². The molecule has 5 aromatic rings. The Balaban J connectivity index is 0.000000386. The van der Waals surface area contributed by atoms with Crippen molar-refractivity contribution in [1.82, 2.24) is 19.9 Å². The molecule has 3 heterocycles. The molecule has 0 radical (unpaired) electrons. The van der Waals surface area contributed by atoms with E-state index in [0.29, 0.717) is 63.4 Å². The smallest absolute Gasteiger partial charge is 0.328 e. The average Bonchev–Trinajstić information content (AvgIpc) is 3.41. The van der Waals surface area contributed by atoms with Gasteiger partial charge in [0.25, 0.3) is 0 Å². The van der Waals surface area contributed by atoms with Crippen LogP contribution in [0.5, 0.6) is 0 Å². The van der Waals surface area contributed by atoms with Gasteiger partial charge in [-0.1, -0.05) is 31.2 Å². The second-order valence-corrected chi connectivity index (χ2v) is 8.11. The molecule has 0 fully saturated rings. The van der Waals surface area contributed by atoms with Crippen molar-refractivity contribution in [1.29, 1.82) is 0 Å². The number of rotatable bonds is 7. The molecule has 4 N–H and O–H groups in total. The summed E-state index contributed by atoms with van der Waals surface area (Å²) in [7, 11) is 0. The highest BCUT2D eigenvalue weighted by Crippen LogP contribution is 2.33. The third-order valence-electron chi connectivity index (χ3n) is 5.56. The fourth-order valence-electron chi connectivity index (χ4n) is 3.85. The number of carboxylic acids is 2. The molecular formula is C27H22FN5O6. The summed E-state index contributed by atoms with van der Waals surface area (Å²) in [5.41, 5.74) is 2.21. The van der Waals surface area contributed by atoms with Crippen molar-refractivity contribution in [3.8, 4) is 11.1 Å². The highest BCUT2D eigenvalue weighted by atomic mass is 19.1. The van der Waals surface area contributed by atoms with Crippen LogP contribution >= 0.6 is 0 Å². The Kier molecular flexibility index (Phi) is 8.05. The van der Waals surface area contributed by atoms with E-state index >= 15 is 0 Å². The number of aliphatic carboxylic acids is 2. The van der Waals surface area contributed by atoms with E-state index in [1.165, 1.54) is 18.5 Å². The number of carbonyl (C=O) groups is 2. The van der Waals surface area contributed by atoms with E-state index in [0.717, 1.165) is 0 Å². The van der Waals surface area contributed by atoms with Gasteiger partial charge >= 0.3 is 11.9 Å². The Morgan fingerprint density at radius 1 is 1.08 bits per heavy atom. The van der Waals surface area contributed by atoms with Crippen LogP contribution in [0.1, 0.15) is 25.1 Å². The number of aromatic amines is 1. The Hall–Kier alpha value is -5.39. The van der Waals surface area contributed by atoms with E-state index < -0.39 is 23.8 Å². The van der Waals surface area contributed by atoms with Crippen molar-refractivity contribution in [2.24, 2.45) is 0 Å². The minimum Gasteiger partial charge on any atom is -0.478 e. The number of aromatic nitrogens is 4. The van der Waals surface area contributed by atoms with Crippen LogP contribution in [0.15, 0.2) is 82.5 Å². The van der Waals surface area contributed by atoms with Crippen LogP contribution in [0.3, 0.4) is 0 Å².